The number of halogens is 1. The molecule has 9 heteroatoms. The molecule has 1 aromatic carbocycles. The average Bonchev–Trinajstić information content (AvgIpc) is 3.24. The zero-order valence-corrected chi connectivity index (χ0v) is 17.6. The minimum atomic E-state index is -0.602. The molecule has 1 aliphatic rings. The van der Waals surface area contributed by atoms with Crippen LogP contribution in [-0.2, 0) is 25.5 Å². The molecule has 1 aliphatic carbocycles. The molecular formula is C19H18BrNO6S. The third-order valence-electron chi connectivity index (χ3n) is 4.35. The summed E-state index contributed by atoms with van der Waals surface area (Å²) in [6.07, 6.45) is 1.20. The molecule has 148 valence electrons. The van der Waals surface area contributed by atoms with Gasteiger partial charge >= 0.3 is 11.9 Å². The molecule has 0 radical (unpaired) electrons. The summed E-state index contributed by atoms with van der Waals surface area (Å²) >= 11 is 4.62. The van der Waals surface area contributed by atoms with Gasteiger partial charge in [-0.05, 0) is 46.5 Å². The largest absolute Gasteiger partial charge is 0.483 e. The van der Waals surface area contributed by atoms with Crippen molar-refractivity contribution in [2.24, 2.45) is 0 Å². The van der Waals surface area contributed by atoms with Crippen LogP contribution in [0.15, 0.2) is 28.7 Å². The number of nitrogens with one attached hydrogen (secondary N) is 1. The molecule has 0 spiro atoms. The van der Waals surface area contributed by atoms with Gasteiger partial charge in [-0.2, -0.15) is 0 Å². The summed E-state index contributed by atoms with van der Waals surface area (Å²) < 4.78 is 16.0. The molecule has 0 unspecified atom stereocenters. The standard InChI is InChI=1S/C19H18BrNO6S/c1-25-18(23)10-7-8-13-15(10)16(19(24)26-2)17(28-13)21-14(22)9-27-12-6-4-3-5-11(12)20/h3-6,10H,7-9H2,1-2H3,(H,21,22)/t10-/m1/s1. The Balaban J connectivity index is 1.80. The molecule has 0 fully saturated rings. The first-order valence-corrected chi connectivity index (χ1v) is 10.1. The number of carbonyl (C=O) groups is 3. The summed E-state index contributed by atoms with van der Waals surface area (Å²) in [7, 11) is 2.57. The quantitative estimate of drug-likeness (QED) is 0.653. The number of hydrogen-bond acceptors (Lipinski definition) is 7. The molecule has 28 heavy (non-hydrogen) atoms. The number of thiophene rings is 1. The third kappa shape index (κ3) is 4.05. The second kappa shape index (κ2) is 8.74. The third-order valence-corrected chi connectivity index (χ3v) is 6.19. The van der Waals surface area contributed by atoms with Gasteiger partial charge in [-0.1, -0.05) is 12.1 Å². The Kier molecular flexibility index (Phi) is 6.35. The Bertz CT molecular complexity index is 925. The number of fused-ring (bicyclic) bond motifs is 1. The fourth-order valence-corrected chi connectivity index (χ4v) is 4.78. The van der Waals surface area contributed by atoms with E-state index in [1.54, 1.807) is 18.2 Å². The van der Waals surface area contributed by atoms with Crippen LogP contribution in [0.4, 0.5) is 5.00 Å². The molecule has 0 saturated heterocycles. The number of benzene rings is 1. The average molecular weight is 468 g/mol. The maximum atomic E-state index is 12.4. The molecule has 0 saturated carbocycles. The van der Waals surface area contributed by atoms with Gasteiger partial charge in [0.25, 0.3) is 5.91 Å². The van der Waals surface area contributed by atoms with E-state index in [1.165, 1.54) is 25.6 Å². The van der Waals surface area contributed by atoms with Crippen molar-refractivity contribution in [1.29, 1.82) is 0 Å². The summed E-state index contributed by atoms with van der Waals surface area (Å²) in [6, 6.07) is 7.17. The van der Waals surface area contributed by atoms with Gasteiger partial charge in [-0.25, -0.2) is 4.79 Å². The van der Waals surface area contributed by atoms with Crippen LogP contribution >= 0.6 is 27.3 Å². The molecular weight excluding hydrogens is 450 g/mol. The molecule has 0 bridgehead atoms. The van der Waals surface area contributed by atoms with Crippen LogP contribution in [0, 0.1) is 0 Å². The van der Waals surface area contributed by atoms with E-state index in [4.69, 9.17) is 14.2 Å². The second-order valence-corrected chi connectivity index (χ2v) is 7.98. The lowest BCUT2D eigenvalue weighted by Crippen LogP contribution is -2.22. The van der Waals surface area contributed by atoms with Gasteiger partial charge in [-0.15, -0.1) is 11.3 Å². The number of rotatable bonds is 6. The Labute approximate surface area is 174 Å². The first kappa shape index (κ1) is 20.3. The van der Waals surface area contributed by atoms with Gasteiger partial charge in [-0.3, -0.25) is 9.59 Å². The maximum absolute atomic E-state index is 12.4. The smallest absolute Gasteiger partial charge is 0.341 e. The number of anilines is 1. The minimum Gasteiger partial charge on any atom is -0.483 e. The molecule has 1 heterocycles. The number of methoxy groups -OCH3 is 2. The molecule has 1 amide bonds. The second-order valence-electron chi connectivity index (χ2n) is 6.02. The van der Waals surface area contributed by atoms with E-state index in [2.05, 4.69) is 21.2 Å². The van der Waals surface area contributed by atoms with Crippen molar-refractivity contribution in [3.63, 3.8) is 0 Å². The van der Waals surface area contributed by atoms with E-state index in [-0.39, 0.29) is 12.2 Å². The lowest BCUT2D eigenvalue weighted by atomic mass is 9.99. The SMILES string of the molecule is COC(=O)c1c(NC(=O)COc2ccccc2Br)sc2c1[C@H](C(=O)OC)CC2. The zero-order chi connectivity index (χ0) is 20.3. The molecule has 0 aliphatic heterocycles. The van der Waals surface area contributed by atoms with Crippen LogP contribution in [0.2, 0.25) is 0 Å². The van der Waals surface area contributed by atoms with E-state index < -0.39 is 23.8 Å². The monoisotopic (exact) mass is 467 g/mol. The lowest BCUT2D eigenvalue weighted by Gasteiger charge is -2.12. The Morgan fingerprint density at radius 3 is 2.64 bits per heavy atom. The van der Waals surface area contributed by atoms with E-state index in [9.17, 15) is 14.4 Å². The first-order chi connectivity index (χ1) is 13.5. The van der Waals surface area contributed by atoms with Gasteiger partial charge in [0, 0.05) is 4.88 Å². The maximum Gasteiger partial charge on any atom is 0.341 e. The van der Waals surface area contributed by atoms with Crippen LogP contribution in [0.3, 0.4) is 0 Å². The van der Waals surface area contributed by atoms with Crippen LogP contribution < -0.4 is 10.1 Å². The van der Waals surface area contributed by atoms with Crippen molar-refractivity contribution in [1.82, 2.24) is 0 Å². The Morgan fingerprint density at radius 2 is 1.96 bits per heavy atom. The predicted octanol–water partition coefficient (Wildman–Crippen LogP) is 3.52. The fourth-order valence-electron chi connectivity index (χ4n) is 3.10. The van der Waals surface area contributed by atoms with E-state index >= 15 is 0 Å². The van der Waals surface area contributed by atoms with Crippen molar-refractivity contribution >= 4 is 50.1 Å². The lowest BCUT2D eigenvalue weighted by molar-refractivity contribution is -0.142. The highest BCUT2D eigenvalue weighted by Gasteiger charge is 2.38. The topological polar surface area (TPSA) is 90.9 Å². The highest BCUT2D eigenvalue weighted by molar-refractivity contribution is 9.10. The van der Waals surface area contributed by atoms with Crippen LogP contribution in [-0.4, -0.2) is 38.7 Å². The highest BCUT2D eigenvalue weighted by Crippen LogP contribution is 2.45. The molecule has 3 rings (SSSR count). The van der Waals surface area contributed by atoms with Gasteiger partial charge in [0.2, 0.25) is 0 Å². The normalized spacial score (nSPS) is 14.9. The Morgan fingerprint density at radius 1 is 1.21 bits per heavy atom. The van der Waals surface area contributed by atoms with E-state index in [0.29, 0.717) is 29.2 Å². The van der Waals surface area contributed by atoms with E-state index in [0.717, 1.165) is 9.35 Å². The van der Waals surface area contributed by atoms with Gasteiger partial charge in [0.05, 0.1) is 30.2 Å². The summed E-state index contributed by atoms with van der Waals surface area (Å²) in [4.78, 5) is 37.7. The van der Waals surface area contributed by atoms with Crippen molar-refractivity contribution in [2.45, 2.75) is 18.8 Å². The molecule has 1 aromatic heterocycles. The van der Waals surface area contributed by atoms with E-state index in [1.807, 2.05) is 6.07 Å². The Hall–Kier alpha value is -2.39. The highest BCUT2D eigenvalue weighted by atomic mass is 79.9. The number of ether oxygens (including phenoxy) is 3. The minimum absolute atomic E-state index is 0.213. The molecule has 2 aromatic rings. The van der Waals surface area contributed by atoms with Gasteiger partial charge in [0.1, 0.15) is 10.8 Å². The number of hydrogen-bond donors (Lipinski definition) is 1. The molecule has 1 N–H and O–H groups in total. The summed E-state index contributed by atoms with van der Waals surface area (Å²) in [5.41, 5.74) is 0.801. The predicted molar refractivity (Wildman–Crippen MR) is 107 cm³/mol. The van der Waals surface area contributed by atoms with Crippen molar-refractivity contribution < 1.29 is 28.6 Å². The van der Waals surface area contributed by atoms with Crippen molar-refractivity contribution in [3.8, 4) is 5.75 Å². The summed E-state index contributed by atoms with van der Waals surface area (Å²) in [6.45, 7) is -0.230. The number of aryl methyl sites for hydroxylation is 1. The number of amides is 1. The molecule has 1 atom stereocenters. The molecule has 7 nitrogen and oxygen atoms in total. The summed E-state index contributed by atoms with van der Waals surface area (Å²) in [5, 5.41) is 3.06. The van der Waals surface area contributed by atoms with Crippen LogP contribution in [0.25, 0.3) is 0 Å². The number of carbonyl (C=O) groups excluding carboxylic acids is 3. The fraction of sp³-hybridized carbons (Fsp3) is 0.316. The van der Waals surface area contributed by atoms with Crippen molar-refractivity contribution in [2.75, 3.05) is 26.1 Å². The van der Waals surface area contributed by atoms with Gasteiger partial charge in [0.15, 0.2) is 6.61 Å². The van der Waals surface area contributed by atoms with Crippen LogP contribution in [0.1, 0.15) is 33.1 Å². The first-order valence-electron chi connectivity index (χ1n) is 8.45. The van der Waals surface area contributed by atoms with Crippen LogP contribution in [0.5, 0.6) is 5.75 Å². The van der Waals surface area contributed by atoms with Crippen molar-refractivity contribution in [3.05, 3.63) is 44.7 Å². The summed E-state index contributed by atoms with van der Waals surface area (Å²) in [5.74, 6) is -1.43. The number of esters is 2. The van der Waals surface area contributed by atoms with Gasteiger partial charge < -0.3 is 19.5 Å². The zero-order valence-electron chi connectivity index (χ0n) is 15.2. The number of para-hydroxylation sites is 1.